The van der Waals surface area contributed by atoms with Crippen LogP contribution in [0.1, 0.15) is 10.4 Å². The molecule has 30 heavy (non-hydrogen) atoms. The number of carbonyl (C=O) groups excluding carboxylic acids is 1. The van der Waals surface area contributed by atoms with Gasteiger partial charge in [0, 0.05) is 18.0 Å². The van der Waals surface area contributed by atoms with Gasteiger partial charge >= 0.3 is 0 Å². The molecule has 0 N–H and O–H groups in total. The highest BCUT2D eigenvalue weighted by atomic mass is 32.2. The van der Waals surface area contributed by atoms with E-state index < -0.39 is 10.0 Å². The number of ether oxygens (including phenoxy) is 1. The Kier molecular flexibility index (Phi) is 5.78. The summed E-state index contributed by atoms with van der Waals surface area (Å²) in [4.78, 5) is 16.3. The molecular formula is C22H22N2O4S2. The summed E-state index contributed by atoms with van der Waals surface area (Å²) in [6.45, 7) is 0.844. The molecule has 0 saturated heterocycles. The lowest BCUT2D eigenvalue weighted by molar-refractivity contribution is -0.130. The number of amides is 1. The Morgan fingerprint density at radius 1 is 1.10 bits per heavy atom. The van der Waals surface area contributed by atoms with E-state index in [1.807, 2.05) is 11.4 Å². The van der Waals surface area contributed by atoms with Gasteiger partial charge in [-0.15, -0.1) is 11.3 Å². The van der Waals surface area contributed by atoms with E-state index in [2.05, 4.69) is 0 Å². The lowest BCUT2D eigenvalue weighted by Crippen LogP contribution is -2.44. The van der Waals surface area contributed by atoms with E-state index in [4.69, 9.17) is 4.74 Å². The van der Waals surface area contributed by atoms with E-state index in [0.29, 0.717) is 24.5 Å². The number of fused-ring (bicyclic) bond motifs is 1. The quantitative estimate of drug-likeness (QED) is 0.586. The van der Waals surface area contributed by atoms with Crippen LogP contribution in [0.2, 0.25) is 0 Å². The van der Waals surface area contributed by atoms with Crippen molar-refractivity contribution in [1.82, 2.24) is 4.90 Å². The monoisotopic (exact) mass is 442 g/mol. The standard InChI is InChI=1S/C22H22N2O4S2/c1-28-19-9-7-18(8-10-19)24(30(26,27)20-5-3-2-4-6-20)16-22(25)23-13-11-21-17(15-23)12-14-29-21/h2-10,12,14H,11,13,15-16H2,1H3. The zero-order chi connectivity index (χ0) is 21.1. The second-order valence-electron chi connectivity index (χ2n) is 6.96. The molecule has 0 bridgehead atoms. The molecule has 6 nitrogen and oxygen atoms in total. The topological polar surface area (TPSA) is 66.9 Å². The summed E-state index contributed by atoms with van der Waals surface area (Å²) < 4.78 is 33.1. The molecule has 0 aliphatic carbocycles. The third-order valence-corrected chi connectivity index (χ3v) is 7.94. The van der Waals surface area contributed by atoms with Crippen LogP contribution < -0.4 is 9.04 Å². The molecule has 0 radical (unpaired) electrons. The van der Waals surface area contributed by atoms with Crippen molar-refractivity contribution in [2.24, 2.45) is 0 Å². The van der Waals surface area contributed by atoms with Crippen molar-refractivity contribution in [3.05, 3.63) is 76.5 Å². The number of benzene rings is 2. The lowest BCUT2D eigenvalue weighted by atomic mass is 10.1. The summed E-state index contributed by atoms with van der Waals surface area (Å²) in [6.07, 6.45) is 0.798. The Hall–Kier alpha value is -2.84. The highest BCUT2D eigenvalue weighted by Crippen LogP contribution is 2.28. The van der Waals surface area contributed by atoms with Crippen LogP contribution in [0, 0.1) is 0 Å². The number of anilines is 1. The van der Waals surface area contributed by atoms with Gasteiger partial charge in [-0.2, -0.15) is 0 Å². The van der Waals surface area contributed by atoms with Crippen LogP contribution in [-0.4, -0.2) is 39.4 Å². The van der Waals surface area contributed by atoms with Crippen molar-refractivity contribution >= 4 is 33.0 Å². The fourth-order valence-electron chi connectivity index (χ4n) is 3.47. The highest BCUT2D eigenvalue weighted by Gasteiger charge is 2.30. The molecule has 1 aliphatic rings. The Morgan fingerprint density at radius 3 is 2.53 bits per heavy atom. The van der Waals surface area contributed by atoms with E-state index in [0.717, 1.165) is 12.0 Å². The predicted octanol–water partition coefficient (Wildman–Crippen LogP) is 3.54. The van der Waals surface area contributed by atoms with Gasteiger partial charge in [0.05, 0.1) is 17.7 Å². The molecule has 2 heterocycles. The van der Waals surface area contributed by atoms with Gasteiger partial charge in [0.25, 0.3) is 10.0 Å². The number of hydrogen-bond donors (Lipinski definition) is 0. The number of methoxy groups -OCH3 is 1. The van der Waals surface area contributed by atoms with Crippen LogP contribution in [-0.2, 0) is 27.8 Å². The van der Waals surface area contributed by atoms with Gasteiger partial charge in [0.1, 0.15) is 12.3 Å². The highest BCUT2D eigenvalue weighted by molar-refractivity contribution is 7.92. The summed E-state index contributed by atoms with van der Waals surface area (Å²) in [7, 11) is -2.36. The van der Waals surface area contributed by atoms with Crippen molar-refractivity contribution in [3.63, 3.8) is 0 Å². The maximum absolute atomic E-state index is 13.4. The van der Waals surface area contributed by atoms with Gasteiger partial charge < -0.3 is 9.64 Å². The summed E-state index contributed by atoms with van der Waals surface area (Å²) >= 11 is 1.70. The zero-order valence-electron chi connectivity index (χ0n) is 16.5. The Bertz CT molecular complexity index is 1130. The van der Waals surface area contributed by atoms with Crippen molar-refractivity contribution in [1.29, 1.82) is 0 Å². The number of carbonyl (C=O) groups is 1. The largest absolute Gasteiger partial charge is 0.497 e. The molecule has 156 valence electrons. The Morgan fingerprint density at radius 2 is 1.83 bits per heavy atom. The number of nitrogens with zero attached hydrogens (tertiary/aromatic N) is 2. The molecule has 0 spiro atoms. The third-order valence-electron chi connectivity index (χ3n) is 5.13. The summed E-state index contributed by atoms with van der Waals surface area (Å²) in [5.74, 6) is 0.394. The Balaban J connectivity index is 1.64. The minimum atomic E-state index is -3.91. The minimum absolute atomic E-state index is 0.146. The van der Waals surface area contributed by atoms with Gasteiger partial charge in [-0.1, -0.05) is 18.2 Å². The SMILES string of the molecule is COc1ccc(N(CC(=O)N2CCc3sccc3C2)S(=O)(=O)c2ccccc2)cc1. The number of sulfonamides is 1. The van der Waals surface area contributed by atoms with E-state index in [1.54, 1.807) is 65.8 Å². The van der Waals surface area contributed by atoms with E-state index >= 15 is 0 Å². The van der Waals surface area contributed by atoms with Crippen LogP contribution in [0.25, 0.3) is 0 Å². The van der Waals surface area contributed by atoms with Crippen molar-refractivity contribution < 1.29 is 17.9 Å². The fourth-order valence-corrected chi connectivity index (χ4v) is 5.79. The normalized spacial score (nSPS) is 13.6. The van der Waals surface area contributed by atoms with Gasteiger partial charge in [0.15, 0.2) is 0 Å². The maximum Gasteiger partial charge on any atom is 0.264 e. The summed E-state index contributed by atoms with van der Waals surface area (Å²) in [6, 6.07) is 16.9. The van der Waals surface area contributed by atoms with E-state index in [-0.39, 0.29) is 17.3 Å². The fraction of sp³-hybridized carbons (Fsp3) is 0.227. The molecule has 0 saturated carbocycles. The van der Waals surface area contributed by atoms with Crippen LogP contribution in [0.3, 0.4) is 0 Å². The van der Waals surface area contributed by atoms with Crippen LogP contribution in [0.15, 0.2) is 70.9 Å². The van der Waals surface area contributed by atoms with Crippen LogP contribution in [0.4, 0.5) is 5.69 Å². The predicted molar refractivity (Wildman–Crippen MR) is 117 cm³/mol. The average molecular weight is 443 g/mol. The molecule has 0 atom stereocenters. The molecule has 1 aliphatic heterocycles. The average Bonchev–Trinajstić information content (AvgIpc) is 3.26. The van der Waals surface area contributed by atoms with Crippen molar-refractivity contribution in [2.75, 3.05) is 24.5 Å². The zero-order valence-corrected chi connectivity index (χ0v) is 18.2. The van der Waals surface area contributed by atoms with Gasteiger partial charge in [-0.05, 0) is 59.8 Å². The lowest BCUT2D eigenvalue weighted by Gasteiger charge is -2.30. The molecule has 1 amide bonds. The second-order valence-corrected chi connectivity index (χ2v) is 9.82. The van der Waals surface area contributed by atoms with Crippen molar-refractivity contribution in [3.8, 4) is 5.75 Å². The number of rotatable bonds is 6. The molecule has 4 rings (SSSR count). The Labute approximate surface area is 180 Å². The molecule has 0 fully saturated rings. The molecule has 2 aromatic carbocycles. The third kappa shape index (κ3) is 4.06. The first-order valence-electron chi connectivity index (χ1n) is 9.54. The number of thiophene rings is 1. The van der Waals surface area contributed by atoms with Gasteiger partial charge in [-0.25, -0.2) is 8.42 Å². The van der Waals surface area contributed by atoms with Gasteiger partial charge in [-0.3, -0.25) is 9.10 Å². The molecule has 8 heteroatoms. The minimum Gasteiger partial charge on any atom is -0.497 e. The summed E-state index contributed by atoms with van der Waals surface area (Å²) in [5.41, 5.74) is 1.56. The second kappa shape index (κ2) is 8.49. The van der Waals surface area contributed by atoms with Gasteiger partial charge in [0.2, 0.25) is 5.91 Å². The first-order chi connectivity index (χ1) is 14.5. The van der Waals surface area contributed by atoms with E-state index in [1.165, 1.54) is 21.3 Å². The first kappa shape index (κ1) is 20.4. The summed E-state index contributed by atoms with van der Waals surface area (Å²) in [5, 5.41) is 2.03. The molecule has 3 aromatic rings. The molecule has 0 unspecified atom stereocenters. The van der Waals surface area contributed by atoms with Crippen LogP contribution >= 0.6 is 11.3 Å². The van der Waals surface area contributed by atoms with Crippen LogP contribution in [0.5, 0.6) is 5.75 Å². The molecule has 1 aromatic heterocycles. The molecular weight excluding hydrogens is 420 g/mol. The smallest absolute Gasteiger partial charge is 0.264 e. The number of hydrogen-bond acceptors (Lipinski definition) is 5. The maximum atomic E-state index is 13.4. The van der Waals surface area contributed by atoms with Crippen molar-refractivity contribution in [2.45, 2.75) is 17.9 Å². The first-order valence-corrected chi connectivity index (χ1v) is 11.9. The van der Waals surface area contributed by atoms with E-state index in [9.17, 15) is 13.2 Å².